The van der Waals surface area contributed by atoms with E-state index in [-0.39, 0.29) is 18.1 Å². The van der Waals surface area contributed by atoms with Crippen LogP contribution in [0, 0.1) is 5.82 Å². The Hall–Kier alpha value is -2.89. The normalized spacial score (nSPS) is 13.3. The van der Waals surface area contributed by atoms with E-state index in [1.165, 1.54) is 24.3 Å². The van der Waals surface area contributed by atoms with E-state index in [1.54, 1.807) is 23.1 Å². The first-order chi connectivity index (χ1) is 11.1. The third kappa shape index (κ3) is 3.01. The molecule has 1 aliphatic rings. The van der Waals surface area contributed by atoms with Gasteiger partial charge in [-0.15, -0.1) is 0 Å². The maximum atomic E-state index is 13.2. The maximum Gasteiger partial charge on any atom is 0.265 e. The number of carbonyl (C=O) groups excluding carboxylic acids is 2. The Morgan fingerprint density at radius 1 is 1.30 bits per heavy atom. The summed E-state index contributed by atoms with van der Waals surface area (Å²) in [6.07, 6.45) is 0. The number of nitrogens with one attached hydrogen (secondary N) is 1. The zero-order valence-electron chi connectivity index (χ0n) is 12.5. The van der Waals surface area contributed by atoms with Gasteiger partial charge < -0.3 is 15.0 Å². The van der Waals surface area contributed by atoms with E-state index in [4.69, 9.17) is 4.74 Å². The molecule has 5 nitrogen and oxygen atoms in total. The second kappa shape index (κ2) is 6.08. The predicted octanol–water partition coefficient (Wildman–Crippen LogP) is 2.82. The molecule has 6 heteroatoms. The van der Waals surface area contributed by atoms with E-state index in [1.807, 2.05) is 6.92 Å². The van der Waals surface area contributed by atoms with Crippen molar-refractivity contribution in [1.29, 1.82) is 0 Å². The number of likely N-dealkylation sites (N-methyl/N-ethyl adjacent to an activating group) is 1. The van der Waals surface area contributed by atoms with Gasteiger partial charge in [-0.05, 0) is 37.3 Å². The van der Waals surface area contributed by atoms with Crippen molar-refractivity contribution in [3.63, 3.8) is 0 Å². The number of carbonyl (C=O) groups is 2. The fourth-order valence-corrected chi connectivity index (χ4v) is 2.46. The minimum Gasteiger partial charge on any atom is -0.481 e. The zero-order valence-corrected chi connectivity index (χ0v) is 12.5. The number of benzene rings is 2. The highest BCUT2D eigenvalue weighted by molar-refractivity contribution is 6.05. The van der Waals surface area contributed by atoms with Gasteiger partial charge in [0.2, 0.25) is 0 Å². The quantitative estimate of drug-likeness (QED) is 0.948. The summed E-state index contributed by atoms with van der Waals surface area (Å²) in [7, 11) is 0. The molecule has 23 heavy (non-hydrogen) atoms. The molecule has 0 fully saturated rings. The van der Waals surface area contributed by atoms with Gasteiger partial charge in [-0.1, -0.05) is 6.07 Å². The molecule has 1 N–H and O–H groups in total. The summed E-state index contributed by atoms with van der Waals surface area (Å²) in [5.41, 5.74) is 1.42. The van der Waals surface area contributed by atoms with Gasteiger partial charge in [-0.3, -0.25) is 9.59 Å². The molecule has 1 aliphatic heterocycles. The highest BCUT2D eigenvalue weighted by atomic mass is 19.1. The van der Waals surface area contributed by atoms with E-state index in [0.717, 1.165) is 0 Å². The predicted molar refractivity (Wildman–Crippen MR) is 84.3 cm³/mol. The molecule has 0 saturated heterocycles. The van der Waals surface area contributed by atoms with Gasteiger partial charge in [0.1, 0.15) is 11.6 Å². The highest BCUT2D eigenvalue weighted by Gasteiger charge is 2.24. The van der Waals surface area contributed by atoms with Crippen LogP contribution in [0.1, 0.15) is 17.3 Å². The Bertz CT molecular complexity index is 776. The fraction of sp³-hybridized carbons (Fsp3) is 0.176. The third-order valence-electron chi connectivity index (χ3n) is 3.56. The van der Waals surface area contributed by atoms with Gasteiger partial charge in [0, 0.05) is 23.9 Å². The summed E-state index contributed by atoms with van der Waals surface area (Å²) in [6.45, 7) is 2.40. The van der Waals surface area contributed by atoms with Crippen molar-refractivity contribution in [2.75, 3.05) is 23.4 Å². The summed E-state index contributed by atoms with van der Waals surface area (Å²) in [4.78, 5) is 25.5. The van der Waals surface area contributed by atoms with E-state index >= 15 is 0 Å². The van der Waals surface area contributed by atoms with Crippen molar-refractivity contribution in [2.24, 2.45) is 0 Å². The molecule has 2 aromatic rings. The lowest BCUT2D eigenvalue weighted by Gasteiger charge is -2.28. The van der Waals surface area contributed by atoms with Gasteiger partial charge in [0.05, 0.1) is 5.69 Å². The number of hydrogen-bond donors (Lipinski definition) is 1. The van der Waals surface area contributed by atoms with Crippen LogP contribution in [-0.4, -0.2) is 25.0 Å². The minimum absolute atomic E-state index is 0.0257. The molecular formula is C17H15FN2O3. The maximum absolute atomic E-state index is 13.2. The standard InChI is InChI=1S/C17H15FN2O3/c1-2-20-14-7-6-13(9-15(14)23-10-16(20)21)19-17(22)11-4-3-5-12(18)8-11/h3-9H,2,10H2,1H3,(H,19,22). The molecule has 118 valence electrons. The second-order valence-corrected chi connectivity index (χ2v) is 5.07. The van der Waals surface area contributed by atoms with E-state index in [2.05, 4.69) is 5.32 Å². The van der Waals surface area contributed by atoms with Crippen LogP contribution in [0.5, 0.6) is 5.75 Å². The summed E-state index contributed by atoms with van der Waals surface area (Å²) < 4.78 is 18.6. The first-order valence-corrected chi connectivity index (χ1v) is 7.22. The van der Waals surface area contributed by atoms with E-state index in [9.17, 15) is 14.0 Å². The lowest BCUT2D eigenvalue weighted by atomic mass is 10.2. The van der Waals surface area contributed by atoms with Crippen molar-refractivity contribution >= 4 is 23.2 Å². The van der Waals surface area contributed by atoms with E-state index in [0.29, 0.717) is 23.7 Å². The number of nitrogens with zero attached hydrogens (tertiary/aromatic N) is 1. The fourth-order valence-electron chi connectivity index (χ4n) is 2.46. The van der Waals surface area contributed by atoms with Crippen LogP contribution in [-0.2, 0) is 4.79 Å². The number of halogens is 1. The van der Waals surface area contributed by atoms with Crippen molar-refractivity contribution in [1.82, 2.24) is 0 Å². The molecule has 3 rings (SSSR count). The van der Waals surface area contributed by atoms with Gasteiger partial charge in [-0.25, -0.2) is 4.39 Å². The number of hydrogen-bond acceptors (Lipinski definition) is 3. The number of fused-ring (bicyclic) bond motifs is 1. The highest BCUT2D eigenvalue weighted by Crippen LogP contribution is 2.34. The van der Waals surface area contributed by atoms with Crippen LogP contribution in [0.25, 0.3) is 0 Å². The molecule has 0 radical (unpaired) electrons. The number of ether oxygens (including phenoxy) is 1. The molecule has 0 saturated carbocycles. The smallest absolute Gasteiger partial charge is 0.265 e. The third-order valence-corrected chi connectivity index (χ3v) is 3.56. The van der Waals surface area contributed by atoms with Crippen molar-refractivity contribution < 1.29 is 18.7 Å². The van der Waals surface area contributed by atoms with Crippen LogP contribution in [0.15, 0.2) is 42.5 Å². The van der Waals surface area contributed by atoms with Gasteiger partial charge in [-0.2, -0.15) is 0 Å². The molecule has 0 aromatic heterocycles. The van der Waals surface area contributed by atoms with Crippen LogP contribution in [0.4, 0.5) is 15.8 Å². The summed E-state index contributed by atoms with van der Waals surface area (Å²) >= 11 is 0. The average Bonchev–Trinajstić information content (AvgIpc) is 2.55. The first-order valence-electron chi connectivity index (χ1n) is 7.22. The number of anilines is 2. The lowest BCUT2D eigenvalue weighted by molar-refractivity contribution is -0.121. The van der Waals surface area contributed by atoms with Gasteiger partial charge in [0.15, 0.2) is 6.61 Å². The molecule has 0 unspecified atom stereocenters. The Labute approximate surface area is 132 Å². The summed E-state index contributed by atoms with van der Waals surface area (Å²) in [5, 5.41) is 2.69. The average molecular weight is 314 g/mol. The minimum atomic E-state index is -0.469. The van der Waals surface area contributed by atoms with Crippen LogP contribution < -0.4 is 15.0 Å². The Morgan fingerprint density at radius 2 is 2.13 bits per heavy atom. The van der Waals surface area contributed by atoms with Crippen LogP contribution in [0.2, 0.25) is 0 Å². The molecule has 1 heterocycles. The van der Waals surface area contributed by atoms with Gasteiger partial charge >= 0.3 is 0 Å². The molecular weight excluding hydrogens is 299 g/mol. The van der Waals surface area contributed by atoms with Crippen molar-refractivity contribution in [3.8, 4) is 5.75 Å². The molecule has 2 aromatic carbocycles. The molecule has 0 spiro atoms. The Balaban J connectivity index is 1.82. The second-order valence-electron chi connectivity index (χ2n) is 5.07. The van der Waals surface area contributed by atoms with Crippen molar-refractivity contribution in [3.05, 3.63) is 53.8 Å². The molecule has 0 bridgehead atoms. The Kier molecular flexibility index (Phi) is 3.97. The summed E-state index contributed by atoms with van der Waals surface area (Å²) in [5.74, 6) is -0.452. The summed E-state index contributed by atoms with van der Waals surface area (Å²) in [6, 6.07) is 10.5. The zero-order chi connectivity index (χ0) is 16.4. The number of amides is 2. The molecule has 2 amide bonds. The monoisotopic (exact) mass is 314 g/mol. The topological polar surface area (TPSA) is 58.6 Å². The van der Waals surface area contributed by atoms with E-state index < -0.39 is 11.7 Å². The lowest BCUT2D eigenvalue weighted by Crippen LogP contribution is -2.38. The van der Waals surface area contributed by atoms with Crippen molar-refractivity contribution in [2.45, 2.75) is 6.92 Å². The van der Waals surface area contributed by atoms with Crippen LogP contribution >= 0.6 is 0 Å². The largest absolute Gasteiger partial charge is 0.481 e. The molecule has 0 aliphatic carbocycles. The SMILES string of the molecule is CCN1C(=O)COc2cc(NC(=O)c3cccc(F)c3)ccc21. The first kappa shape index (κ1) is 15.0. The van der Waals surface area contributed by atoms with Crippen LogP contribution in [0.3, 0.4) is 0 Å². The molecule has 0 atom stereocenters. The Morgan fingerprint density at radius 3 is 2.87 bits per heavy atom. The number of rotatable bonds is 3. The van der Waals surface area contributed by atoms with Gasteiger partial charge in [0.25, 0.3) is 11.8 Å².